The van der Waals surface area contributed by atoms with E-state index >= 15 is 0 Å². The zero-order valence-electron chi connectivity index (χ0n) is 13.5. The Hall–Kier alpha value is -1.81. The van der Waals surface area contributed by atoms with E-state index in [1.165, 1.54) is 0 Å². The topological polar surface area (TPSA) is 45.4 Å². The molecule has 21 heavy (non-hydrogen) atoms. The summed E-state index contributed by atoms with van der Waals surface area (Å²) >= 11 is 0. The van der Waals surface area contributed by atoms with Crippen LogP contribution in [0.5, 0.6) is 0 Å². The van der Waals surface area contributed by atoms with Crippen LogP contribution in [0.4, 0.5) is 11.4 Å². The summed E-state index contributed by atoms with van der Waals surface area (Å²) < 4.78 is 0. The fraction of sp³-hybridized carbons (Fsp3) is 0.471. The van der Waals surface area contributed by atoms with Crippen molar-refractivity contribution >= 4 is 22.3 Å². The fourth-order valence-electron chi connectivity index (χ4n) is 2.51. The standard InChI is InChI=1S/C17H26N4/c1-13(2)12-21(11-10-20(3)4)16-8-7-15-14(17(16)18)6-5-9-19-15/h5-9,13H,10-12,18H2,1-4H3. The largest absolute Gasteiger partial charge is 0.396 e. The smallest absolute Gasteiger partial charge is 0.0724 e. The molecule has 0 radical (unpaired) electrons. The van der Waals surface area contributed by atoms with E-state index in [2.05, 4.69) is 54.9 Å². The van der Waals surface area contributed by atoms with Crippen LogP contribution in [0.15, 0.2) is 30.5 Å². The molecule has 1 heterocycles. The van der Waals surface area contributed by atoms with Crippen LogP contribution in [0.1, 0.15) is 13.8 Å². The first-order chi connectivity index (χ1) is 9.99. The van der Waals surface area contributed by atoms with Gasteiger partial charge in [0.05, 0.1) is 16.9 Å². The minimum atomic E-state index is 0.594. The third-order valence-corrected chi connectivity index (χ3v) is 3.55. The van der Waals surface area contributed by atoms with Crippen molar-refractivity contribution in [2.45, 2.75) is 13.8 Å². The average molecular weight is 286 g/mol. The van der Waals surface area contributed by atoms with Gasteiger partial charge in [-0.05, 0) is 44.3 Å². The molecular weight excluding hydrogens is 260 g/mol. The van der Waals surface area contributed by atoms with Crippen molar-refractivity contribution in [1.82, 2.24) is 9.88 Å². The van der Waals surface area contributed by atoms with Crippen LogP contribution in [-0.2, 0) is 0 Å². The van der Waals surface area contributed by atoms with Gasteiger partial charge in [0.1, 0.15) is 0 Å². The van der Waals surface area contributed by atoms with E-state index in [-0.39, 0.29) is 0 Å². The van der Waals surface area contributed by atoms with Gasteiger partial charge >= 0.3 is 0 Å². The second kappa shape index (κ2) is 6.76. The molecule has 0 amide bonds. The highest BCUT2D eigenvalue weighted by Gasteiger charge is 2.14. The second-order valence-electron chi connectivity index (χ2n) is 6.21. The summed E-state index contributed by atoms with van der Waals surface area (Å²) in [4.78, 5) is 8.95. The molecule has 1 aromatic heterocycles. The maximum Gasteiger partial charge on any atom is 0.0724 e. The molecule has 2 rings (SSSR count). The number of benzene rings is 1. The number of nitrogens with zero attached hydrogens (tertiary/aromatic N) is 3. The van der Waals surface area contributed by atoms with Crippen LogP contribution < -0.4 is 10.6 Å². The van der Waals surface area contributed by atoms with Crippen LogP contribution in [0.3, 0.4) is 0 Å². The highest BCUT2D eigenvalue weighted by atomic mass is 15.2. The fourth-order valence-corrected chi connectivity index (χ4v) is 2.51. The van der Waals surface area contributed by atoms with Gasteiger partial charge in [-0.1, -0.05) is 13.8 Å². The number of nitrogens with two attached hydrogens (primary N) is 1. The van der Waals surface area contributed by atoms with Crippen LogP contribution in [0, 0.1) is 5.92 Å². The monoisotopic (exact) mass is 286 g/mol. The van der Waals surface area contributed by atoms with Crippen molar-refractivity contribution in [2.75, 3.05) is 44.4 Å². The number of likely N-dealkylation sites (N-methyl/N-ethyl adjacent to an activating group) is 1. The SMILES string of the molecule is CC(C)CN(CCN(C)C)c1ccc2ncccc2c1N. The van der Waals surface area contributed by atoms with Crippen molar-refractivity contribution in [2.24, 2.45) is 5.92 Å². The van der Waals surface area contributed by atoms with E-state index in [1.54, 1.807) is 6.20 Å². The Balaban J connectivity index is 2.36. The molecule has 0 atom stereocenters. The Bertz CT molecular complexity index is 592. The summed E-state index contributed by atoms with van der Waals surface area (Å²) in [5, 5.41) is 1.04. The lowest BCUT2D eigenvalue weighted by Crippen LogP contribution is -2.34. The highest BCUT2D eigenvalue weighted by Crippen LogP contribution is 2.30. The maximum atomic E-state index is 6.41. The molecule has 0 saturated carbocycles. The Morgan fingerprint density at radius 1 is 1.14 bits per heavy atom. The lowest BCUT2D eigenvalue weighted by molar-refractivity contribution is 0.409. The van der Waals surface area contributed by atoms with Crippen molar-refractivity contribution in [3.05, 3.63) is 30.5 Å². The normalized spacial score (nSPS) is 11.5. The van der Waals surface area contributed by atoms with Gasteiger partial charge in [0.15, 0.2) is 0 Å². The molecule has 114 valence electrons. The Morgan fingerprint density at radius 2 is 1.90 bits per heavy atom. The third-order valence-electron chi connectivity index (χ3n) is 3.55. The van der Waals surface area contributed by atoms with Crippen molar-refractivity contribution in [1.29, 1.82) is 0 Å². The van der Waals surface area contributed by atoms with Gasteiger partial charge in [-0.15, -0.1) is 0 Å². The number of fused-ring (bicyclic) bond motifs is 1. The number of pyridine rings is 1. The van der Waals surface area contributed by atoms with E-state index in [9.17, 15) is 0 Å². The van der Waals surface area contributed by atoms with Crippen LogP contribution in [0.2, 0.25) is 0 Å². The first kappa shape index (κ1) is 15.6. The molecule has 2 N–H and O–H groups in total. The summed E-state index contributed by atoms with van der Waals surface area (Å²) in [6, 6.07) is 8.14. The first-order valence-corrected chi connectivity index (χ1v) is 7.52. The summed E-state index contributed by atoms with van der Waals surface area (Å²) in [6.45, 7) is 7.46. The number of nitrogen functional groups attached to an aromatic ring is 1. The van der Waals surface area contributed by atoms with Gasteiger partial charge in [-0.2, -0.15) is 0 Å². The second-order valence-corrected chi connectivity index (χ2v) is 6.21. The first-order valence-electron chi connectivity index (χ1n) is 7.52. The van der Waals surface area contributed by atoms with Crippen molar-refractivity contribution < 1.29 is 0 Å². The molecule has 0 bridgehead atoms. The van der Waals surface area contributed by atoms with Gasteiger partial charge < -0.3 is 15.5 Å². The minimum absolute atomic E-state index is 0.594. The molecule has 0 aliphatic rings. The predicted molar refractivity (Wildman–Crippen MR) is 91.8 cm³/mol. The average Bonchev–Trinajstić information content (AvgIpc) is 2.44. The highest BCUT2D eigenvalue weighted by molar-refractivity contribution is 5.97. The molecule has 0 aliphatic heterocycles. The molecule has 4 nitrogen and oxygen atoms in total. The molecule has 0 saturated heterocycles. The Kier molecular flexibility index (Phi) is 5.02. The summed E-state index contributed by atoms with van der Waals surface area (Å²) in [5.74, 6) is 0.594. The molecule has 2 aromatic rings. The van der Waals surface area contributed by atoms with Crippen LogP contribution >= 0.6 is 0 Å². The lowest BCUT2D eigenvalue weighted by Gasteiger charge is -2.29. The van der Waals surface area contributed by atoms with Crippen LogP contribution in [0.25, 0.3) is 10.9 Å². The Labute approximate surface area is 127 Å². The van der Waals surface area contributed by atoms with E-state index in [1.807, 2.05) is 12.1 Å². The van der Waals surface area contributed by atoms with E-state index in [0.717, 1.165) is 41.9 Å². The molecular formula is C17H26N4. The maximum absolute atomic E-state index is 6.41. The van der Waals surface area contributed by atoms with E-state index < -0.39 is 0 Å². The predicted octanol–water partition coefficient (Wildman–Crippen LogP) is 2.84. The van der Waals surface area contributed by atoms with Gasteiger partial charge in [-0.25, -0.2) is 0 Å². The quantitative estimate of drug-likeness (QED) is 0.829. The van der Waals surface area contributed by atoms with Gasteiger partial charge in [0.25, 0.3) is 0 Å². The van der Waals surface area contributed by atoms with Crippen LogP contribution in [-0.4, -0.2) is 43.6 Å². The van der Waals surface area contributed by atoms with Crippen molar-refractivity contribution in [3.63, 3.8) is 0 Å². The zero-order valence-corrected chi connectivity index (χ0v) is 13.5. The van der Waals surface area contributed by atoms with Crippen molar-refractivity contribution in [3.8, 4) is 0 Å². The number of hydrogen-bond acceptors (Lipinski definition) is 4. The molecule has 0 aliphatic carbocycles. The lowest BCUT2D eigenvalue weighted by atomic mass is 10.1. The molecule has 0 fully saturated rings. The van der Waals surface area contributed by atoms with E-state index in [4.69, 9.17) is 5.73 Å². The van der Waals surface area contributed by atoms with Gasteiger partial charge in [0, 0.05) is 31.2 Å². The molecule has 4 heteroatoms. The summed E-state index contributed by atoms with van der Waals surface area (Å²) in [7, 11) is 4.20. The summed E-state index contributed by atoms with van der Waals surface area (Å²) in [5.41, 5.74) is 9.31. The number of rotatable bonds is 6. The third kappa shape index (κ3) is 3.85. The Morgan fingerprint density at radius 3 is 2.57 bits per heavy atom. The molecule has 1 aromatic carbocycles. The van der Waals surface area contributed by atoms with Gasteiger partial charge in [-0.3, -0.25) is 4.98 Å². The zero-order chi connectivity index (χ0) is 15.4. The number of aromatic nitrogens is 1. The van der Waals surface area contributed by atoms with Gasteiger partial charge in [0.2, 0.25) is 0 Å². The molecule has 0 unspecified atom stereocenters. The number of hydrogen-bond donors (Lipinski definition) is 1. The minimum Gasteiger partial charge on any atom is -0.396 e. The molecule has 0 spiro atoms. The van der Waals surface area contributed by atoms with E-state index in [0.29, 0.717) is 5.92 Å². The number of anilines is 2. The summed E-state index contributed by atoms with van der Waals surface area (Å²) in [6.07, 6.45) is 1.80.